The van der Waals surface area contributed by atoms with Crippen LogP contribution < -0.4 is 14.9 Å². The number of rotatable bonds is 7. The predicted molar refractivity (Wildman–Crippen MR) is 126 cm³/mol. The minimum Gasteiger partial charge on any atom is -0.364 e. The molecule has 0 bridgehead atoms. The highest BCUT2D eigenvalue weighted by molar-refractivity contribution is 7.89. The van der Waals surface area contributed by atoms with Crippen molar-refractivity contribution in [3.8, 4) is 10.8 Å². The van der Waals surface area contributed by atoms with Crippen LogP contribution in [0.25, 0.3) is 16.3 Å². The van der Waals surface area contributed by atoms with Crippen molar-refractivity contribution in [3.05, 3.63) is 23.5 Å². The number of aromatic nitrogens is 4. The summed E-state index contributed by atoms with van der Waals surface area (Å²) in [5, 5.41) is 10.3. The summed E-state index contributed by atoms with van der Waals surface area (Å²) < 4.78 is 70.9. The first kappa shape index (κ1) is 24.4. The van der Waals surface area contributed by atoms with Gasteiger partial charge in [-0.15, -0.1) is 10.2 Å². The summed E-state index contributed by atoms with van der Waals surface area (Å²) in [6, 6.07) is 0.999. The largest absolute Gasteiger partial charge is 0.364 e. The second-order valence-electron chi connectivity index (χ2n) is 9.51. The Bertz CT molecular complexity index is 1360. The molecule has 0 spiro atoms. The normalized spacial score (nSPS) is 24.4. The summed E-state index contributed by atoms with van der Waals surface area (Å²) in [4.78, 5) is 6.35. The van der Waals surface area contributed by atoms with E-state index < -0.39 is 39.7 Å². The van der Waals surface area contributed by atoms with Gasteiger partial charge in [0, 0.05) is 30.4 Å². The van der Waals surface area contributed by atoms with Crippen LogP contribution in [0.15, 0.2) is 23.4 Å². The fourth-order valence-corrected chi connectivity index (χ4v) is 6.50. The van der Waals surface area contributed by atoms with Gasteiger partial charge in [0.2, 0.25) is 10.0 Å². The van der Waals surface area contributed by atoms with Gasteiger partial charge in [0.15, 0.2) is 15.8 Å². The number of fused-ring (bicyclic) bond motifs is 1. The Labute approximate surface area is 204 Å². The zero-order valence-electron chi connectivity index (χ0n) is 19.4. The fourth-order valence-electron chi connectivity index (χ4n) is 4.32. The van der Waals surface area contributed by atoms with E-state index in [0.29, 0.717) is 29.1 Å². The predicted octanol–water partition coefficient (Wildman–Crippen LogP) is 3.15. The molecule has 4 heterocycles. The van der Waals surface area contributed by atoms with Crippen molar-refractivity contribution >= 4 is 32.6 Å². The minimum absolute atomic E-state index is 0.00107. The number of halogens is 3. The Balaban J connectivity index is 1.68. The molecular formula is C21H26F3N7O2S2. The van der Waals surface area contributed by atoms with Gasteiger partial charge in [-0.1, -0.05) is 11.3 Å². The van der Waals surface area contributed by atoms with Crippen LogP contribution in [0.2, 0.25) is 0 Å². The summed E-state index contributed by atoms with van der Waals surface area (Å²) in [7, 11) is -3.91. The van der Waals surface area contributed by atoms with Crippen molar-refractivity contribution in [3.63, 3.8) is 0 Å². The smallest absolute Gasteiger partial charge is 0.291 e. The van der Waals surface area contributed by atoms with E-state index in [0.717, 1.165) is 12.8 Å². The van der Waals surface area contributed by atoms with Gasteiger partial charge in [0.1, 0.15) is 11.6 Å². The highest BCUT2D eigenvalue weighted by Crippen LogP contribution is 2.38. The Hall–Kier alpha value is -2.29. The van der Waals surface area contributed by atoms with Gasteiger partial charge >= 0.3 is 0 Å². The Morgan fingerprint density at radius 2 is 2.06 bits per heavy atom. The van der Waals surface area contributed by atoms with E-state index in [2.05, 4.69) is 25.2 Å². The summed E-state index contributed by atoms with van der Waals surface area (Å²) in [5.41, 5.74) is 0.627. The fraction of sp³-hybridized carbons (Fsp3) is 0.571. The quantitative estimate of drug-likeness (QED) is 0.485. The maximum atomic E-state index is 13.6. The highest BCUT2D eigenvalue weighted by atomic mass is 32.2. The lowest BCUT2D eigenvalue weighted by Gasteiger charge is -2.44. The molecule has 1 saturated carbocycles. The number of sulfonamides is 1. The zero-order valence-corrected chi connectivity index (χ0v) is 21.0. The third-order valence-corrected chi connectivity index (χ3v) is 9.26. The highest BCUT2D eigenvalue weighted by Gasteiger charge is 2.42. The number of imidazole rings is 1. The molecule has 9 nitrogen and oxygen atoms in total. The van der Waals surface area contributed by atoms with Crippen LogP contribution in [0.5, 0.6) is 0 Å². The average Bonchev–Trinajstić information content (AvgIpc) is 3.19. The molecule has 0 radical (unpaired) electrons. The summed E-state index contributed by atoms with van der Waals surface area (Å²) >= 11 is 0.699. The van der Waals surface area contributed by atoms with Crippen LogP contribution in [-0.2, 0) is 10.0 Å². The van der Waals surface area contributed by atoms with Crippen molar-refractivity contribution in [2.45, 2.75) is 68.6 Å². The van der Waals surface area contributed by atoms with Gasteiger partial charge in [0.25, 0.3) is 6.43 Å². The van der Waals surface area contributed by atoms with E-state index in [4.69, 9.17) is 0 Å². The average molecular weight is 530 g/mol. The van der Waals surface area contributed by atoms with Crippen LogP contribution in [0.4, 0.5) is 18.9 Å². The van der Waals surface area contributed by atoms with Crippen molar-refractivity contribution in [1.29, 1.82) is 0 Å². The lowest BCUT2D eigenvalue weighted by atomic mass is 10.0. The Kier molecular flexibility index (Phi) is 6.05. The van der Waals surface area contributed by atoms with E-state index in [1.807, 2.05) is 25.7 Å². The van der Waals surface area contributed by atoms with Gasteiger partial charge in [-0.25, -0.2) is 31.3 Å². The second kappa shape index (κ2) is 8.68. The number of piperazine rings is 1. The molecule has 2 fully saturated rings. The van der Waals surface area contributed by atoms with E-state index in [1.54, 1.807) is 16.7 Å². The number of alkyl halides is 3. The molecule has 1 saturated heterocycles. The molecular weight excluding hydrogens is 503 g/mol. The number of nitrogens with zero attached hydrogens (tertiary/aromatic N) is 5. The third-order valence-electron chi connectivity index (χ3n) is 6.73. The third kappa shape index (κ3) is 4.52. The summed E-state index contributed by atoms with van der Waals surface area (Å²) in [6.45, 7) is 5.51. The SMILES string of the molecule is C[C@@H]1N[C@@H](CF)CN(c2cc(S(=O)(=O)NC3(C)CC3)cn3c(-c4nnc(C(F)F)s4)ncc23)[C@H]1C. The monoisotopic (exact) mass is 529 g/mol. The molecule has 3 aromatic rings. The Morgan fingerprint density at radius 1 is 1.31 bits per heavy atom. The molecule has 1 aliphatic heterocycles. The molecule has 3 aromatic heterocycles. The molecule has 14 heteroatoms. The van der Waals surface area contributed by atoms with E-state index in [1.165, 1.54) is 6.20 Å². The number of hydrogen-bond donors (Lipinski definition) is 2. The van der Waals surface area contributed by atoms with Crippen molar-refractivity contribution < 1.29 is 21.6 Å². The van der Waals surface area contributed by atoms with Crippen LogP contribution in [0.3, 0.4) is 0 Å². The maximum absolute atomic E-state index is 13.6. The van der Waals surface area contributed by atoms with E-state index in [-0.39, 0.29) is 27.8 Å². The second-order valence-corrected chi connectivity index (χ2v) is 12.2. The van der Waals surface area contributed by atoms with Crippen molar-refractivity contribution in [2.24, 2.45) is 0 Å². The molecule has 35 heavy (non-hydrogen) atoms. The first-order chi connectivity index (χ1) is 16.5. The topological polar surface area (TPSA) is 105 Å². The minimum atomic E-state index is -3.91. The molecule has 0 unspecified atom stereocenters. The molecule has 5 rings (SSSR count). The van der Waals surface area contributed by atoms with Gasteiger partial charge in [0.05, 0.1) is 23.4 Å². The van der Waals surface area contributed by atoms with Crippen LogP contribution in [0.1, 0.15) is 45.0 Å². The number of pyridine rings is 1. The number of nitrogens with one attached hydrogen (secondary N) is 2. The molecule has 3 atom stereocenters. The van der Waals surface area contributed by atoms with Crippen LogP contribution >= 0.6 is 11.3 Å². The van der Waals surface area contributed by atoms with Gasteiger partial charge in [-0.2, -0.15) is 0 Å². The van der Waals surface area contributed by atoms with Crippen LogP contribution in [-0.4, -0.2) is 64.9 Å². The maximum Gasteiger partial charge on any atom is 0.291 e. The lowest BCUT2D eigenvalue weighted by molar-refractivity contribution is 0.150. The molecule has 0 aromatic carbocycles. The van der Waals surface area contributed by atoms with E-state index >= 15 is 0 Å². The van der Waals surface area contributed by atoms with Gasteiger partial charge in [-0.05, 0) is 39.7 Å². The van der Waals surface area contributed by atoms with Gasteiger partial charge in [-0.3, -0.25) is 4.40 Å². The zero-order chi connectivity index (χ0) is 25.1. The first-order valence-electron chi connectivity index (χ1n) is 11.3. The van der Waals surface area contributed by atoms with Crippen molar-refractivity contribution in [2.75, 3.05) is 18.1 Å². The molecule has 1 aliphatic carbocycles. The van der Waals surface area contributed by atoms with E-state index in [9.17, 15) is 21.6 Å². The van der Waals surface area contributed by atoms with Crippen LogP contribution in [0, 0.1) is 0 Å². The molecule has 190 valence electrons. The summed E-state index contributed by atoms with van der Waals surface area (Å²) in [6.07, 6.45) is 1.67. The number of anilines is 1. The number of hydrogen-bond acceptors (Lipinski definition) is 8. The first-order valence-corrected chi connectivity index (χ1v) is 13.6. The standard InChI is InChI=1S/C21H26F3N7O2S2/c1-11-12(2)30(9-13(7-22)26-11)15-6-14(35(32,33)29-21(3)4-5-21)10-31-16(15)8-25-18(31)20-28-27-19(34-20)17(23)24/h6,8,10-13,17,26,29H,4-5,7,9H2,1-3H3/t11-,12-,13-/m0/s1. The van der Waals surface area contributed by atoms with Crippen molar-refractivity contribution in [1.82, 2.24) is 29.6 Å². The molecule has 2 aliphatic rings. The lowest BCUT2D eigenvalue weighted by Crippen LogP contribution is -2.61. The molecule has 2 N–H and O–H groups in total. The van der Waals surface area contributed by atoms with Gasteiger partial charge < -0.3 is 10.2 Å². The Morgan fingerprint density at radius 3 is 2.69 bits per heavy atom. The summed E-state index contributed by atoms with van der Waals surface area (Å²) in [5.74, 6) is 0.207. The molecule has 0 amide bonds.